The molecule has 0 aliphatic carbocycles. The fourth-order valence-corrected chi connectivity index (χ4v) is 1.38. The molecule has 0 saturated carbocycles. The Hall–Kier alpha value is -0.750. The Kier molecular flexibility index (Phi) is 3.98. The van der Waals surface area contributed by atoms with Crippen molar-refractivity contribution >= 4 is 33.5 Å². The Morgan fingerprint density at radius 2 is 2.27 bits per heavy atom. The van der Waals surface area contributed by atoms with Gasteiger partial charge >= 0.3 is 5.97 Å². The second kappa shape index (κ2) is 4.85. The number of carbonyl (C=O) groups is 1. The van der Waals surface area contributed by atoms with E-state index in [4.69, 9.17) is 11.6 Å². The van der Waals surface area contributed by atoms with Gasteiger partial charge in [0.1, 0.15) is 5.15 Å². The first-order valence-corrected chi connectivity index (χ1v) is 4.87. The first-order valence-electron chi connectivity index (χ1n) is 3.69. The molecule has 1 aromatic rings. The number of nitrogens with zero attached hydrogens (tertiary/aromatic N) is 1. The largest absolute Gasteiger partial charge is 0.464 e. The van der Waals surface area contributed by atoms with Crippen LogP contribution in [-0.2, 0) is 4.74 Å². The average molecular weight is 300 g/mol. The van der Waals surface area contributed by atoms with Crippen LogP contribution in [0.3, 0.4) is 0 Å². The summed E-state index contributed by atoms with van der Waals surface area (Å²) in [5.74, 6) is -0.945. The van der Waals surface area contributed by atoms with Crippen molar-refractivity contribution in [2.45, 2.75) is 6.43 Å². The van der Waals surface area contributed by atoms with Gasteiger partial charge in [0.05, 0.1) is 17.1 Å². The molecule has 82 valence electrons. The summed E-state index contributed by atoms with van der Waals surface area (Å²) in [6.45, 7) is 0. The summed E-state index contributed by atoms with van der Waals surface area (Å²) in [5, 5.41) is -0.0696. The van der Waals surface area contributed by atoms with Crippen LogP contribution in [0.15, 0.2) is 10.5 Å². The maximum atomic E-state index is 12.5. The predicted octanol–water partition coefficient (Wildman–Crippen LogP) is 3.22. The van der Waals surface area contributed by atoms with Gasteiger partial charge in [-0.1, -0.05) is 11.6 Å². The second-order valence-electron chi connectivity index (χ2n) is 2.49. The smallest absolute Gasteiger partial charge is 0.357 e. The molecule has 3 nitrogen and oxygen atoms in total. The van der Waals surface area contributed by atoms with Crippen molar-refractivity contribution in [3.05, 3.63) is 26.9 Å². The number of ether oxygens (including phenoxy) is 1. The van der Waals surface area contributed by atoms with Crippen molar-refractivity contribution < 1.29 is 18.3 Å². The maximum Gasteiger partial charge on any atom is 0.357 e. The number of rotatable bonds is 2. The molecule has 0 aromatic carbocycles. The molecule has 15 heavy (non-hydrogen) atoms. The van der Waals surface area contributed by atoms with Gasteiger partial charge in [0.15, 0.2) is 5.69 Å². The van der Waals surface area contributed by atoms with E-state index in [1.54, 1.807) is 0 Å². The van der Waals surface area contributed by atoms with Gasteiger partial charge in [-0.15, -0.1) is 0 Å². The molecule has 7 heteroatoms. The Morgan fingerprint density at radius 3 is 2.73 bits per heavy atom. The molecule has 0 aliphatic heterocycles. The minimum Gasteiger partial charge on any atom is -0.464 e. The zero-order chi connectivity index (χ0) is 11.6. The molecule has 0 spiro atoms. The van der Waals surface area contributed by atoms with Crippen LogP contribution in [0.1, 0.15) is 22.5 Å². The summed E-state index contributed by atoms with van der Waals surface area (Å²) < 4.78 is 29.6. The van der Waals surface area contributed by atoms with Gasteiger partial charge in [-0.2, -0.15) is 0 Å². The molecular weight excluding hydrogens is 295 g/mol. The van der Waals surface area contributed by atoms with Crippen molar-refractivity contribution in [2.75, 3.05) is 7.11 Å². The highest BCUT2D eigenvalue weighted by Gasteiger charge is 2.22. The third-order valence-electron chi connectivity index (χ3n) is 1.58. The number of methoxy groups -OCH3 is 1. The third kappa shape index (κ3) is 2.63. The topological polar surface area (TPSA) is 39.2 Å². The standard InChI is InChI=1S/C8H5BrClF2NO2/c1-15-8(14)5-3(7(11)12)2-4(9)6(10)13-5/h2,7H,1H3. The molecule has 0 unspecified atom stereocenters. The van der Waals surface area contributed by atoms with E-state index in [1.807, 2.05) is 0 Å². The zero-order valence-electron chi connectivity index (χ0n) is 7.43. The monoisotopic (exact) mass is 299 g/mol. The molecule has 0 aliphatic rings. The van der Waals surface area contributed by atoms with E-state index in [0.29, 0.717) is 0 Å². The van der Waals surface area contributed by atoms with Crippen molar-refractivity contribution in [3.8, 4) is 0 Å². The number of aromatic nitrogens is 1. The highest BCUT2D eigenvalue weighted by molar-refractivity contribution is 9.10. The molecule has 0 radical (unpaired) electrons. The van der Waals surface area contributed by atoms with Crippen molar-refractivity contribution in [1.82, 2.24) is 4.98 Å². The lowest BCUT2D eigenvalue weighted by atomic mass is 10.2. The van der Waals surface area contributed by atoms with Crippen LogP contribution in [0.25, 0.3) is 0 Å². The number of hydrogen-bond donors (Lipinski definition) is 0. The quantitative estimate of drug-likeness (QED) is 0.622. The van der Waals surface area contributed by atoms with Gasteiger partial charge in [-0.25, -0.2) is 18.6 Å². The number of pyridine rings is 1. The van der Waals surface area contributed by atoms with Gasteiger partial charge in [0, 0.05) is 0 Å². The van der Waals surface area contributed by atoms with Crippen LogP contribution in [0.2, 0.25) is 5.15 Å². The van der Waals surface area contributed by atoms with Gasteiger partial charge in [-0.05, 0) is 22.0 Å². The van der Waals surface area contributed by atoms with E-state index >= 15 is 0 Å². The molecule has 0 fully saturated rings. The first-order chi connectivity index (χ1) is 6.97. The summed E-state index contributed by atoms with van der Waals surface area (Å²) in [5.41, 5.74) is -0.987. The second-order valence-corrected chi connectivity index (χ2v) is 3.70. The molecule has 0 amide bonds. The number of alkyl halides is 2. The average Bonchev–Trinajstić information content (AvgIpc) is 2.20. The van der Waals surface area contributed by atoms with Gasteiger partial charge < -0.3 is 4.74 Å². The summed E-state index contributed by atoms with van der Waals surface area (Å²) in [7, 11) is 1.08. The number of esters is 1. The Bertz CT molecular complexity index is 400. The fourth-order valence-electron chi connectivity index (χ4n) is 0.907. The molecule has 1 aromatic heterocycles. The maximum absolute atomic E-state index is 12.5. The summed E-state index contributed by atoms with van der Waals surface area (Å²) >= 11 is 8.52. The van der Waals surface area contributed by atoms with E-state index in [9.17, 15) is 13.6 Å². The lowest BCUT2D eigenvalue weighted by Crippen LogP contribution is -2.09. The summed E-state index contributed by atoms with van der Waals surface area (Å²) in [4.78, 5) is 14.6. The Labute approximate surface area is 97.5 Å². The first kappa shape index (κ1) is 12.3. The molecule has 1 rings (SSSR count). The van der Waals surface area contributed by atoms with E-state index in [2.05, 4.69) is 25.7 Å². The fraction of sp³-hybridized carbons (Fsp3) is 0.250. The van der Waals surface area contributed by atoms with Gasteiger partial charge in [0.25, 0.3) is 6.43 Å². The highest BCUT2D eigenvalue weighted by atomic mass is 79.9. The normalized spacial score (nSPS) is 10.5. The van der Waals surface area contributed by atoms with Crippen LogP contribution in [0.4, 0.5) is 8.78 Å². The van der Waals surface area contributed by atoms with Crippen molar-refractivity contribution in [3.63, 3.8) is 0 Å². The predicted molar refractivity (Wildman–Crippen MR) is 53.2 cm³/mol. The number of hydrogen-bond acceptors (Lipinski definition) is 3. The van der Waals surface area contributed by atoms with E-state index in [0.717, 1.165) is 13.2 Å². The van der Waals surface area contributed by atoms with E-state index in [1.165, 1.54) is 0 Å². The van der Waals surface area contributed by atoms with Crippen molar-refractivity contribution in [2.24, 2.45) is 0 Å². The molecule has 1 heterocycles. The third-order valence-corrected chi connectivity index (χ3v) is 2.70. The van der Waals surface area contributed by atoms with Crippen LogP contribution < -0.4 is 0 Å². The van der Waals surface area contributed by atoms with Crippen LogP contribution in [0, 0.1) is 0 Å². The minimum atomic E-state index is -2.82. The Morgan fingerprint density at radius 1 is 1.67 bits per heavy atom. The van der Waals surface area contributed by atoms with E-state index in [-0.39, 0.29) is 9.63 Å². The minimum absolute atomic E-state index is 0.0696. The molecule has 0 atom stereocenters. The molecule has 0 bridgehead atoms. The summed E-state index contributed by atoms with van der Waals surface area (Å²) in [6.07, 6.45) is -2.82. The molecule has 0 saturated heterocycles. The van der Waals surface area contributed by atoms with Crippen LogP contribution in [0.5, 0.6) is 0 Å². The van der Waals surface area contributed by atoms with Crippen LogP contribution >= 0.6 is 27.5 Å². The van der Waals surface area contributed by atoms with Gasteiger partial charge in [0.2, 0.25) is 0 Å². The molecular formula is C8H5BrClF2NO2. The molecule has 0 N–H and O–H groups in total. The summed E-state index contributed by atoms with van der Waals surface area (Å²) in [6, 6.07) is 1.05. The number of carbonyl (C=O) groups excluding carboxylic acids is 1. The van der Waals surface area contributed by atoms with Crippen LogP contribution in [-0.4, -0.2) is 18.1 Å². The highest BCUT2D eigenvalue weighted by Crippen LogP contribution is 2.29. The zero-order valence-corrected chi connectivity index (χ0v) is 9.77. The van der Waals surface area contributed by atoms with E-state index < -0.39 is 23.7 Å². The van der Waals surface area contributed by atoms with Gasteiger partial charge in [-0.3, -0.25) is 0 Å². The Balaban J connectivity index is 3.34. The lowest BCUT2D eigenvalue weighted by molar-refractivity contribution is 0.0581. The number of halogens is 4. The van der Waals surface area contributed by atoms with Crippen molar-refractivity contribution in [1.29, 1.82) is 0 Å². The lowest BCUT2D eigenvalue weighted by Gasteiger charge is -2.07. The SMILES string of the molecule is COC(=O)c1nc(Cl)c(Br)cc1C(F)F.